The van der Waals surface area contributed by atoms with Crippen LogP contribution in [-0.4, -0.2) is 43.2 Å². The van der Waals surface area contributed by atoms with E-state index in [4.69, 9.17) is 14.2 Å². The number of benzene rings is 1. The third kappa shape index (κ3) is 4.86. The van der Waals surface area contributed by atoms with Gasteiger partial charge < -0.3 is 24.6 Å². The van der Waals surface area contributed by atoms with Crippen molar-refractivity contribution in [1.82, 2.24) is 5.32 Å². The minimum absolute atomic E-state index is 0.106. The number of methoxy groups -OCH3 is 2. The number of phenolic OH excluding ortho intramolecular Hbond substituents is 1. The summed E-state index contributed by atoms with van der Waals surface area (Å²) in [6.45, 7) is 3.64. The molecule has 3 aliphatic rings. The molecule has 3 atom stereocenters. The molecule has 0 aromatic heterocycles. The molecule has 2 N–H and O–H groups in total. The molecule has 1 heterocycles. The molecule has 0 bridgehead atoms. The SMILES string of the molecule is COC(=O)[C@H]1C(=O)C2=C(C[C@H]1C)NC(C)=C(C(=O)OC1CCCCCC1)[C@H]2c1ccc(OC)c(O)c1. The van der Waals surface area contributed by atoms with Crippen LogP contribution in [0.5, 0.6) is 11.5 Å². The number of phenols is 1. The topological polar surface area (TPSA) is 111 Å². The number of ketones is 1. The first-order chi connectivity index (χ1) is 17.3. The molecule has 8 nitrogen and oxygen atoms in total. The lowest BCUT2D eigenvalue weighted by atomic mass is 9.69. The van der Waals surface area contributed by atoms with Gasteiger partial charge in [0.05, 0.1) is 19.8 Å². The molecule has 1 aliphatic heterocycles. The molecule has 36 heavy (non-hydrogen) atoms. The number of rotatable bonds is 5. The largest absolute Gasteiger partial charge is 0.504 e. The number of Topliss-reactive ketones (excluding diaryl/α,β-unsaturated/α-hetero) is 1. The van der Waals surface area contributed by atoms with Gasteiger partial charge in [0, 0.05) is 22.9 Å². The summed E-state index contributed by atoms with van der Waals surface area (Å²) in [5.41, 5.74) is 2.47. The number of hydrogen-bond acceptors (Lipinski definition) is 8. The van der Waals surface area contributed by atoms with Crippen molar-refractivity contribution in [2.75, 3.05) is 14.2 Å². The van der Waals surface area contributed by atoms with Crippen LogP contribution in [0.4, 0.5) is 0 Å². The smallest absolute Gasteiger partial charge is 0.337 e. The fourth-order valence-electron chi connectivity index (χ4n) is 5.75. The molecular weight excluding hydrogens is 462 g/mol. The number of aromatic hydroxyl groups is 1. The Morgan fingerprint density at radius 3 is 2.39 bits per heavy atom. The summed E-state index contributed by atoms with van der Waals surface area (Å²) in [7, 11) is 2.72. The van der Waals surface area contributed by atoms with E-state index in [0.717, 1.165) is 38.5 Å². The Kier molecular flexibility index (Phi) is 7.71. The first-order valence-corrected chi connectivity index (χ1v) is 12.7. The van der Waals surface area contributed by atoms with E-state index in [1.165, 1.54) is 20.3 Å². The molecule has 4 rings (SSSR count). The van der Waals surface area contributed by atoms with Crippen LogP contribution in [0, 0.1) is 11.8 Å². The van der Waals surface area contributed by atoms with Gasteiger partial charge >= 0.3 is 11.9 Å². The van der Waals surface area contributed by atoms with Gasteiger partial charge in [-0.05, 0) is 62.6 Å². The number of dihydropyridines is 1. The maximum Gasteiger partial charge on any atom is 0.337 e. The zero-order valence-corrected chi connectivity index (χ0v) is 21.4. The van der Waals surface area contributed by atoms with Crippen molar-refractivity contribution in [3.05, 3.63) is 46.3 Å². The van der Waals surface area contributed by atoms with Crippen molar-refractivity contribution in [3.63, 3.8) is 0 Å². The number of carbonyl (C=O) groups excluding carboxylic acids is 3. The van der Waals surface area contributed by atoms with Gasteiger partial charge in [0.1, 0.15) is 12.0 Å². The predicted octanol–water partition coefficient (Wildman–Crippen LogP) is 4.28. The molecule has 1 aromatic carbocycles. The van der Waals surface area contributed by atoms with E-state index in [1.807, 2.05) is 6.92 Å². The lowest BCUT2D eigenvalue weighted by Crippen LogP contribution is -2.43. The van der Waals surface area contributed by atoms with Crippen LogP contribution in [0.25, 0.3) is 0 Å². The Labute approximate surface area is 211 Å². The third-order valence-electron chi connectivity index (χ3n) is 7.58. The Bertz CT molecular complexity index is 1110. The number of carbonyl (C=O) groups is 3. The van der Waals surface area contributed by atoms with Crippen molar-refractivity contribution >= 4 is 17.7 Å². The zero-order valence-electron chi connectivity index (χ0n) is 21.4. The van der Waals surface area contributed by atoms with Crippen molar-refractivity contribution in [2.24, 2.45) is 11.8 Å². The van der Waals surface area contributed by atoms with E-state index in [0.29, 0.717) is 34.5 Å². The normalized spacial score (nSPS) is 25.0. The zero-order chi connectivity index (χ0) is 26.0. The van der Waals surface area contributed by atoms with Crippen LogP contribution in [0.1, 0.15) is 70.3 Å². The number of nitrogens with one attached hydrogen (secondary N) is 1. The minimum Gasteiger partial charge on any atom is -0.504 e. The van der Waals surface area contributed by atoms with Crippen LogP contribution < -0.4 is 10.1 Å². The molecule has 0 saturated heterocycles. The van der Waals surface area contributed by atoms with Crippen LogP contribution in [0.2, 0.25) is 0 Å². The summed E-state index contributed by atoms with van der Waals surface area (Å²) in [5, 5.41) is 13.8. The predicted molar refractivity (Wildman–Crippen MR) is 132 cm³/mol. The molecule has 0 spiro atoms. The molecule has 194 valence electrons. The van der Waals surface area contributed by atoms with Crippen LogP contribution in [-0.2, 0) is 23.9 Å². The highest BCUT2D eigenvalue weighted by atomic mass is 16.5. The summed E-state index contributed by atoms with van der Waals surface area (Å²) >= 11 is 0. The average Bonchev–Trinajstić information content (AvgIpc) is 3.11. The summed E-state index contributed by atoms with van der Waals surface area (Å²) < 4.78 is 16.1. The third-order valence-corrected chi connectivity index (χ3v) is 7.58. The first kappa shape index (κ1) is 25.8. The maximum atomic E-state index is 13.8. The standard InChI is InChI=1S/C28H35NO7/c1-15-13-19-25(26(31)22(15)27(32)35-4)24(17-11-12-21(34-3)20(30)14-17)23(16(2)29-19)28(33)36-18-9-7-5-6-8-10-18/h11-12,14-15,18,22,24,29-30H,5-10,13H2,1-4H3/t15-,22-,24-/m1/s1. The highest BCUT2D eigenvalue weighted by molar-refractivity contribution is 6.12. The summed E-state index contributed by atoms with van der Waals surface area (Å²) in [6.07, 6.45) is 6.17. The lowest BCUT2D eigenvalue weighted by molar-refractivity contribution is -0.151. The van der Waals surface area contributed by atoms with Gasteiger partial charge in [-0.15, -0.1) is 0 Å². The van der Waals surface area contributed by atoms with E-state index >= 15 is 0 Å². The van der Waals surface area contributed by atoms with Gasteiger partial charge in [0.25, 0.3) is 0 Å². The maximum absolute atomic E-state index is 13.8. The van der Waals surface area contributed by atoms with E-state index in [1.54, 1.807) is 19.1 Å². The highest BCUT2D eigenvalue weighted by Crippen LogP contribution is 2.47. The minimum atomic E-state index is -0.970. The van der Waals surface area contributed by atoms with Crippen molar-refractivity contribution in [3.8, 4) is 11.5 Å². The molecule has 8 heteroatoms. The number of ether oxygens (including phenoxy) is 3. The second-order valence-corrected chi connectivity index (χ2v) is 9.99. The van der Waals surface area contributed by atoms with Crippen LogP contribution >= 0.6 is 0 Å². The average molecular weight is 498 g/mol. The van der Waals surface area contributed by atoms with Crippen LogP contribution in [0.15, 0.2) is 40.7 Å². The van der Waals surface area contributed by atoms with Crippen molar-refractivity contribution in [1.29, 1.82) is 0 Å². The van der Waals surface area contributed by atoms with Gasteiger partial charge in [0.2, 0.25) is 0 Å². The number of esters is 2. The second-order valence-electron chi connectivity index (χ2n) is 9.99. The van der Waals surface area contributed by atoms with Crippen LogP contribution in [0.3, 0.4) is 0 Å². The molecule has 1 saturated carbocycles. The van der Waals surface area contributed by atoms with E-state index in [2.05, 4.69) is 5.32 Å². The Morgan fingerprint density at radius 1 is 1.08 bits per heavy atom. The van der Waals surface area contributed by atoms with Crippen molar-refractivity contribution in [2.45, 2.75) is 70.8 Å². The van der Waals surface area contributed by atoms with Crippen molar-refractivity contribution < 1.29 is 33.7 Å². The van der Waals surface area contributed by atoms with Gasteiger partial charge in [-0.25, -0.2) is 4.79 Å². The fourth-order valence-corrected chi connectivity index (χ4v) is 5.75. The molecule has 1 fully saturated rings. The molecule has 1 aromatic rings. The quantitative estimate of drug-likeness (QED) is 0.352. The van der Waals surface area contributed by atoms with E-state index < -0.39 is 23.8 Å². The fraction of sp³-hybridized carbons (Fsp3) is 0.536. The molecule has 0 amide bonds. The summed E-state index contributed by atoms with van der Waals surface area (Å²) in [5.74, 6) is -3.33. The Hall–Kier alpha value is -3.29. The molecule has 2 aliphatic carbocycles. The number of allylic oxidation sites excluding steroid dienone is 3. The van der Waals surface area contributed by atoms with Gasteiger partial charge in [-0.1, -0.05) is 25.8 Å². The first-order valence-electron chi connectivity index (χ1n) is 12.7. The summed E-state index contributed by atoms with van der Waals surface area (Å²) in [4.78, 5) is 40.0. The highest BCUT2D eigenvalue weighted by Gasteiger charge is 2.47. The second kappa shape index (κ2) is 10.8. The summed E-state index contributed by atoms with van der Waals surface area (Å²) in [6, 6.07) is 4.83. The lowest BCUT2D eigenvalue weighted by Gasteiger charge is -2.38. The molecule has 0 unspecified atom stereocenters. The van der Waals surface area contributed by atoms with E-state index in [-0.39, 0.29) is 29.3 Å². The number of hydrogen-bond donors (Lipinski definition) is 2. The van der Waals surface area contributed by atoms with Gasteiger partial charge in [-0.3, -0.25) is 9.59 Å². The monoisotopic (exact) mass is 497 g/mol. The Balaban J connectivity index is 1.79. The van der Waals surface area contributed by atoms with E-state index in [9.17, 15) is 19.5 Å². The molecular formula is C28H35NO7. The molecule has 0 radical (unpaired) electrons. The van der Waals surface area contributed by atoms with Gasteiger partial charge in [-0.2, -0.15) is 0 Å². The Morgan fingerprint density at radius 2 is 1.78 bits per heavy atom. The van der Waals surface area contributed by atoms with Gasteiger partial charge in [0.15, 0.2) is 17.3 Å².